The molecule has 7 heteroatoms. The van der Waals surface area contributed by atoms with Gasteiger partial charge < -0.3 is 24.1 Å². The van der Waals surface area contributed by atoms with Gasteiger partial charge in [-0.15, -0.1) is 0 Å². The third kappa shape index (κ3) is 4.80. The van der Waals surface area contributed by atoms with Crippen molar-refractivity contribution in [2.24, 2.45) is 4.99 Å². The van der Waals surface area contributed by atoms with Gasteiger partial charge in [0.1, 0.15) is 5.75 Å². The van der Waals surface area contributed by atoms with Crippen molar-refractivity contribution in [3.63, 3.8) is 0 Å². The van der Waals surface area contributed by atoms with Gasteiger partial charge in [-0.2, -0.15) is 0 Å². The number of aromatic nitrogens is 3. The Morgan fingerprint density at radius 3 is 2.62 bits per heavy atom. The number of rotatable bonds is 7. The average Bonchev–Trinajstić information content (AvgIpc) is 3.33. The van der Waals surface area contributed by atoms with E-state index in [1.54, 1.807) is 13.3 Å². The maximum Gasteiger partial charge on any atom is 0.193 e. The van der Waals surface area contributed by atoms with Crippen LogP contribution < -0.4 is 10.1 Å². The number of aryl methyl sites for hydroxylation is 1. The zero-order valence-corrected chi connectivity index (χ0v) is 17.9. The summed E-state index contributed by atoms with van der Waals surface area (Å²) in [6.45, 7) is 6.71. The summed E-state index contributed by atoms with van der Waals surface area (Å²) in [6.07, 6.45) is 5.57. The van der Waals surface area contributed by atoms with Crippen LogP contribution in [-0.4, -0.2) is 52.7 Å². The van der Waals surface area contributed by atoms with Crippen LogP contribution in [0.3, 0.4) is 0 Å². The molecule has 7 nitrogen and oxygen atoms in total. The van der Waals surface area contributed by atoms with Crippen molar-refractivity contribution in [2.45, 2.75) is 26.9 Å². The molecule has 1 aromatic carbocycles. The monoisotopic (exact) mass is 394 g/mol. The first-order valence-corrected chi connectivity index (χ1v) is 9.73. The summed E-state index contributed by atoms with van der Waals surface area (Å²) >= 11 is 0. The van der Waals surface area contributed by atoms with E-state index < -0.39 is 0 Å². The van der Waals surface area contributed by atoms with Crippen molar-refractivity contribution in [1.82, 2.24) is 24.3 Å². The molecule has 0 aliphatic heterocycles. The summed E-state index contributed by atoms with van der Waals surface area (Å²) < 4.78 is 9.60. The minimum Gasteiger partial charge on any atom is -0.497 e. The van der Waals surface area contributed by atoms with Crippen molar-refractivity contribution in [2.75, 3.05) is 27.7 Å². The smallest absolute Gasteiger partial charge is 0.193 e. The standard InChI is InChI=1S/C22H30N6O/c1-17-14-19(18(2)28(17)20-6-8-21(29-5)9-7-20)15-26(4)22(23-3)25-11-13-27-12-10-24-16-27/h6-10,12,14,16H,11,13,15H2,1-5H3,(H,23,25). The molecule has 2 aromatic heterocycles. The summed E-state index contributed by atoms with van der Waals surface area (Å²) in [7, 11) is 5.56. The number of nitrogens with zero attached hydrogens (tertiary/aromatic N) is 5. The van der Waals surface area contributed by atoms with Gasteiger partial charge in [-0.25, -0.2) is 4.98 Å². The molecule has 0 amide bonds. The molecular weight excluding hydrogens is 364 g/mol. The van der Waals surface area contributed by atoms with E-state index in [0.29, 0.717) is 0 Å². The molecule has 3 rings (SSSR count). The Morgan fingerprint density at radius 2 is 2.00 bits per heavy atom. The Bertz CT molecular complexity index is 941. The third-order valence-corrected chi connectivity index (χ3v) is 5.06. The van der Waals surface area contributed by atoms with E-state index in [9.17, 15) is 0 Å². The number of nitrogens with one attached hydrogen (secondary N) is 1. The van der Waals surface area contributed by atoms with Crippen LogP contribution in [0, 0.1) is 13.8 Å². The Labute approximate surface area is 172 Å². The lowest BCUT2D eigenvalue weighted by molar-refractivity contribution is 0.414. The van der Waals surface area contributed by atoms with Crippen LogP contribution in [0.25, 0.3) is 5.69 Å². The number of benzene rings is 1. The van der Waals surface area contributed by atoms with Gasteiger partial charge in [0.15, 0.2) is 5.96 Å². The summed E-state index contributed by atoms with van der Waals surface area (Å²) in [6, 6.07) is 10.4. The van der Waals surface area contributed by atoms with Crippen LogP contribution in [0.15, 0.2) is 54.0 Å². The van der Waals surface area contributed by atoms with E-state index in [4.69, 9.17) is 4.74 Å². The van der Waals surface area contributed by atoms with Crippen molar-refractivity contribution < 1.29 is 4.74 Å². The predicted octanol–water partition coefficient (Wildman–Crippen LogP) is 3.01. The highest BCUT2D eigenvalue weighted by atomic mass is 16.5. The van der Waals surface area contributed by atoms with Crippen LogP contribution in [0.4, 0.5) is 0 Å². The number of guanidine groups is 1. The molecule has 0 atom stereocenters. The molecule has 2 heterocycles. The quantitative estimate of drug-likeness (QED) is 0.494. The SMILES string of the molecule is CN=C(NCCn1ccnc1)N(C)Cc1cc(C)n(-c2ccc(OC)cc2)c1C. The molecule has 3 aromatic rings. The number of hydrogen-bond donors (Lipinski definition) is 1. The van der Waals surface area contributed by atoms with Crippen molar-refractivity contribution >= 4 is 5.96 Å². The number of methoxy groups -OCH3 is 1. The molecule has 0 saturated carbocycles. The average molecular weight is 395 g/mol. The molecule has 1 N–H and O–H groups in total. The van der Waals surface area contributed by atoms with Gasteiger partial charge >= 0.3 is 0 Å². The highest BCUT2D eigenvalue weighted by molar-refractivity contribution is 5.79. The fourth-order valence-corrected chi connectivity index (χ4v) is 3.55. The zero-order chi connectivity index (χ0) is 20.8. The first-order chi connectivity index (χ1) is 14.0. The van der Waals surface area contributed by atoms with Crippen molar-refractivity contribution in [3.05, 3.63) is 66.0 Å². The van der Waals surface area contributed by atoms with Crippen LogP contribution in [0.1, 0.15) is 17.0 Å². The lowest BCUT2D eigenvalue weighted by Gasteiger charge is -2.22. The lowest BCUT2D eigenvalue weighted by atomic mass is 10.2. The van der Waals surface area contributed by atoms with Crippen LogP contribution in [-0.2, 0) is 13.1 Å². The third-order valence-electron chi connectivity index (χ3n) is 5.06. The van der Waals surface area contributed by atoms with Gasteiger partial charge in [0.2, 0.25) is 0 Å². The minimum atomic E-state index is 0.778. The molecule has 0 bridgehead atoms. The molecule has 0 unspecified atom stereocenters. The second-order valence-corrected chi connectivity index (χ2v) is 7.06. The van der Waals surface area contributed by atoms with Gasteiger partial charge in [0.25, 0.3) is 0 Å². The van der Waals surface area contributed by atoms with Crippen LogP contribution >= 0.6 is 0 Å². The van der Waals surface area contributed by atoms with Crippen molar-refractivity contribution in [3.8, 4) is 11.4 Å². The number of imidazole rings is 1. The summed E-state index contributed by atoms with van der Waals surface area (Å²) in [5.41, 5.74) is 4.85. The van der Waals surface area contributed by atoms with Gasteiger partial charge in [-0.1, -0.05) is 0 Å². The highest BCUT2D eigenvalue weighted by Gasteiger charge is 2.14. The maximum absolute atomic E-state index is 5.28. The molecule has 29 heavy (non-hydrogen) atoms. The lowest BCUT2D eigenvalue weighted by Crippen LogP contribution is -2.39. The predicted molar refractivity (Wildman–Crippen MR) is 117 cm³/mol. The van der Waals surface area contributed by atoms with E-state index in [0.717, 1.165) is 37.0 Å². The molecular formula is C22H30N6O. The Balaban J connectivity index is 1.68. The van der Waals surface area contributed by atoms with E-state index in [2.05, 4.69) is 63.9 Å². The van der Waals surface area contributed by atoms with Gasteiger partial charge in [-0.05, 0) is 49.7 Å². The molecule has 154 valence electrons. The van der Waals surface area contributed by atoms with Gasteiger partial charge in [0.05, 0.1) is 13.4 Å². The number of ether oxygens (including phenoxy) is 1. The maximum atomic E-state index is 5.28. The summed E-state index contributed by atoms with van der Waals surface area (Å²) in [5, 5.41) is 3.42. The first kappa shape index (κ1) is 20.5. The minimum absolute atomic E-state index is 0.778. The first-order valence-electron chi connectivity index (χ1n) is 9.73. The molecule has 0 aliphatic carbocycles. The van der Waals surface area contributed by atoms with E-state index in [1.807, 2.05) is 36.3 Å². The summed E-state index contributed by atoms with van der Waals surface area (Å²) in [5.74, 6) is 1.74. The Morgan fingerprint density at radius 1 is 1.24 bits per heavy atom. The van der Waals surface area contributed by atoms with Crippen LogP contribution in [0.5, 0.6) is 5.75 Å². The van der Waals surface area contributed by atoms with Crippen LogP contribution in [0.2, 0.25) is 0 Å². The van der Waals surface area contributed by atoms with E-state index >= 15 is 0 Å². The van der Waals surface area contributed by atoms with Gasteiger partial charge in [-0.3, -0.25) is 4.99 Å². The zero-order valence-electron chi connectivity index (χ0n) is 17.9. The molecule has 0 aliphatic rings. The number of aliphatic imine (C=N–C) groups is 1. The van der Waals surface area contributed by atoms with Crippen molar-refractivity contribution in [1.29, 1.82) is 0 Å². The second kappa shape index (κ2) is 9.32. The Kier molecular flexibility index (Phi) is 6.59. The largest absolute Gasteiger partial charge is 0.497 e. The normalized spacial score (nSPS) is 11.6. The Hall–Kier alpha value is -3.22. The summed E-state index contributed by atoms with van der Waals surface area (Å²) in [4.78, 5) is 10.6. The number of hydrogen-bond acceptors (Lipinski definition) is 3. The molecule has 0 fully saturated rings. The van der Waals surface area contributed by atoms with Gasteiger partial charge in [0, 0.05) is 63.2 Å². The fourth-order valence-electron chi connectivity index (χ4n) is 3.55. The van der Waals surface area contributed by atoms with E-state index in [-0.39, 0.29) is 0 Å². The molecule has 0 saturated heterocycles. The topological polar surface area (TPSA) is 59.6 Å². The second-order valence-electron chi connectivity index (χ2n) is 7.06. The van der Waals surface area contributed by atoms with E-state index in [1.165, 1.54) is 17.0 Å². The molecule has 0 radical (unpaired) electrons. The fraction of sp³-hybridized carbons (Fsp3) is 0.364. The highest BCUT2D eigenvalue weighted by Crippen LogP contribution is 2.23. The molecule has 0 spiro atoms.